The summed E-state index contributed by atoms with van der Waals surface area (Å²) in [5, 5.41) is 15.0. The molecule has 1 heterocycles. The van der Waals surface area contributed by atoms with Gasteiger partial charge in [0, 0.05) is 13.5 Å². The van der Waals surface area contributed by atoms with Crippen molar-refractivity contribution in [3.63, 3.8) is 0 Å². The van der Waals surface area contributed by atoms with E-state index in [1.54, 1.807) is 0 Å². The Labute approximate surface area is 83.5 Å². The summed E-state index contributed by atoms with van der Waals surface area (Å²) in [6.07, 6.45) is 1.60. The van der Waals surface area contributed by atoms with E-state index in [2.05, 4.69) is 5.32 Å². The highest BCUT2D eigenvalue weighted by Crippen LogP contribution is 2.07. The van der Waals surface area contributed by atoms with Crippen LogP contribution in [0.1, 0.15) is 19.8 Å². The Morgan fingerprint density at radius 3 is 2.29 bits per heavy atom. The summed E-state index contributed by atoms with van der Waals surface area (Å²) in [5.41, 5.74) is 0. The minimum atomic E-state index is -3.29. The number of carboxylic acids is 1. The van der Waals surface area contributed by atoms with Crippen LogP contribution in [0.15, 0.2) is 0 Å². The molecule has 1 saturated heterocycles. The molecule has 1 aliphatic heterocycles. The Hall–Kier alpha value is -0.660. The molecular weight excluding hydrogens is 208 g/mol. The molecule has 0 bridgehead atoms. The van der Waals surface area contributed by atoms with E-state index >= 15 is 0 Å². The van der Waals surface area contributed by atoms with Crippen LogP contribution in [0.5, 0.6) is 0 Å². The van der Waals surface area contributed by atoms with Gasteiger partial charge in [0.2, 0.25) is 10.0 Å². The van der Waals surface area contributed by atoms with Crippen molar-refractivity contribution in [1.82, 2.24) is 5.32 Å². The van der Waals surface area contributed by atoms with Crippen LogP contribution >= 0.6 is 0 Å². The van der Waals surface area contributed by atoms with Crippen molar-refractivity contribution >= 4 is 16.0 Å². The number of carboxylic acid groups (broad SMARTS) is 1. The van der Waals surface area contributed by atoms with Crippen LogP contribution < -0.4 is 10.5 Å². The van der Waals surface area contributed by atoms with Gasteiger partial charge in [0.05, 0.1) is 5.25 Å². The van der Waals surface area contributed by atoms with Crippen molar-refractivity contribution < 1.29 is 18.3 Å². The number of carbonyl (C=O) groups is 1. The lowest BCUT2D eigenvalue weighted by atomic mass is 10.2. The molecule has 1 aliphatic rings. The van der Waals surface area contributed by atoms with Gasteiger partial charge in [-0.05, 0) is 19.4 Å². The zero-order chi connectivity index (χ0) is 11.2. The highest BCUT2D eigenvalue weighted by Gasteiger charge is 2.22. The fraction of sp³-hybridized carbons (Fsp3) is 0.857. The third kappa shape index (κ3) is 6.81. The topological polar surface area (TPSA) is 109 Å². The number of sulfonamides is 1. The van der Waals surface area contributed by atoms with Crippen LogP contribution in [0.4, 0.5) is 0 Å². The number of hydrogen-bond acceptors (Lipinski definition) is 4. The SMILES string of the molecule is CC(=O)O.NS(=O)(=O)C1CCCNC1. The van der Waals surface area contributed by atoms with Crippen molar-refractivity contribution in [3.05, 3.63) is 0 Å². The Bertz CT molecular complexity index is 265. The monoisotopic (exact) mass is 224 g/mol. The normalized spacial score (nSPS) is 22.0. The molecule has 0 aromatic heterocycles. The highest BCUT2D eigenvalue weighted by molar-refractivity contribution is 7.89. The first-order valence-electron chi connectivity index (χ1n) is 4.26. The lowest BCUT2D eigenvalue weighted by molar-refractivity contribution is -0.134. The van der Waals surface area contributed by atoms with Gasteiger partial charge >= 0.3 is 0 Å². The molecule has 4 N–H and O–H groups in total. The number of rotatable bonds is 1. The second-order valence-electron chi connectivity index (χ2n) is 3.08. The largest absolute Gasteiger partial charge is 0.481 e. The molecule has 14 heavy (non-hydrogen) atoms. The molecule has 0 spiro atoms. The quantitative estimate of drug-likeness (QED) is 0.535. The van der Waals surface area contributed by atoms with Crippen LogP contribution in [0, 0.1) is 0 Å². The molecule has 7 heteroatoms. The maximum atomic E-state index is 10.7. The molecule has 1 fully saturated rings. The first-order valence-corrected chi connectivity index (χ1v) is 5.87. The predicted octanol–water partition coefficient (Wildman–Crippen LogP) is -0.882. The van der Waals surface area contributed by atoms with Crippen LogP contribution in [0.2, 0.25) is 0 Å². The highest BCUT2D eigenvalue weighted by atomic mass is 32.2. The maximum Gasteiger partial charge on any atom is 0.300 e. The summed E-state index contributed by atoms with van der Waals surface area (Å²) in [6.45, 7) is 2.50. The van der Waals surface area contributed by atoms with Gasteiger partial charge in [-0.1, -0.05) is 0 Å². The summed E-state index contributed by atoms with van der Waals surface area (Å²) < 4.78 is 21.4. The number of nitrogens with two attached hydrogens (primary N) is 1. The molecule has 0 aromatic carbocycles. The summed E-state index contributed by atoms with van der Waals surface area (Å²) in [5.74, 6) is -0.833. The second kappa shape index (κ2) is 5.94. The van der Waals surface area contributed by atoms with Crippen molar-refractivity contribution in [2.24, 2.45) is 5.14 Å². The zero-order valence-corrected chi connectivity index (χ0v) is 8.88. The third-order valence-electron chi connectivity index (χ3n) is 1.72. The molecule has 0 saturated carbocycles. The Morgan fingerprint density at radius 2 is 2.07 bits per heavy atom. The lowest BCUT2D eigenvalue weighted by Crippen LogP contribution is -2.41. The lowest BCUT2D eigenvalue weighted by Gasteiger charge is -2.20. The van der Waals surface area contributed by atoms with Crippen molar-refractivity contribution in [3.8, 4) is 0 Å². The average molecular weight is 224 g/mol. The number of hydrogen-bond donors (Lipinski definition) is 3. The third-order valence-corrected chi connectivity index (χ3v) is 3.05. The van der Waals surface area contributed by atoms with E-state index in [1.807, 2.05) is 0 Å². The minimum absolute atomic E-state index is 0.360. The Morgan fingerprint density at radius 1 is 1.57 bits per heavy atom. The molecule has 0 amide bonds. The van der Waals surface area contributed by atoms with Gasteiger partial charge in [-0.2, -0.15) is 0 Å². The maximum absolute atomic E-state index is 10.7. The first-order chi connectivity index (χ1) is 6.34. The number of nitrogens with one attached hydrogen (secondary N) is 1. The molecule has 0 radical (unpaired) electrons. The summed E-state index contributed by atoms with van der Waals surface area (Å²) in [4.78, 5) is 9.00. The van der Waals surface area contributed by atoms with E-state index < -0.39 is 16.0 Å². The molecule has 6 nitrogen and oxygen atoms in total. The number of aliphatic carboxylic acids is 1. The van der Waals surface area contributed by atoms with E-state index in [4.69, 9.17) is 15.0 Å². The van der Waals surface area contributed by atoms with Gasteiger partial charge in [-0.25, -0.2) is 13.6 Å². The van der Waals surface area contributed by atoms with Crippen molar-refractivity contribution in [2.75, 3.05) is 13.1 Å². The molecule has 1 atom stereocenters. The van der Waals surface area contributed by atoms with Gasteiger partial charge in [-0.15, -0.1) is 0 Å². The average Bonchev–Trinajstić information content (AvgIpc) is 2.03. The van der Waals surface area contributed by atoms with Gasteiger partial charge in [0.25, 0.3) is 5.97 Å². The van der Waals surface area contributed by atoms with Crippen molar-refractivity contribution in [1.29, 1.82) is 0 Å². The fourth-order valence-electron chi connectivity index (χ4n) is 1.10. The van der Waals surface area contributed by atoms with Crippen LogP contribution in [0.25, 0.3) is 0 Å². The van der Waals surface area contributed by atoms with E-state index in [0.29, 0.717) is 13.0 Å². The van der Waals surface area contributed by atoms with Crippen LogP contribution in [0.3, 0.4) is 0 Å². The van der Waals surface area contributed by atoms with Gasteiger partial charge in [-0.3, -0.25) is 4.79 Å². The summed E-state index contributed by atoms with van der Waals surface area (Å²) in [6, 6.07) is 0. The molecule has 1 rings (SSSR count). The second-order valence-corrected chi connectivity index (χ2v) is 4.92. The molecular formula is C7H16N2O4S. The van der Waals surface area contributed by atoms with Crippen molar-refractivity contribution in [2.45, 2.75) is 25.0 Å². The van der Waals surface area contributed by atoms with Crippen LogP contribution in [-0.4, -0.2) is 37.8 Å². The number of piperidine rings is 1. The smallest absolute Gasteiger partial charge is 0.300 e. The first kappa shape index (κ1) is 13.3. The fourth-order valence-corrected chi connectivity index (χ4v) is 1.95. The molecule has 84 valence electrons. The van der Waals surface area contributed by atoms with E-state index in [1.165, 1.54) is 0 Å². The minimum Gasteiger partial charge on any atom is -0.481 e. The standard InChI is InChI=1S/C5H12N2O2S.C2H4O2/c6-10(8,9)5-2-1-3-7-4-5;1-2(3)4/h5,7H,1-4H2,(H2,6,8,9);1H3,(H,3,4). The molecule has 0 aliphatic carbocycles. The van der Waals surface area contributed by atoms with E-state index in [0.717, 1.165) is 19.9 Å². The Balaban J connectivity index is 0.000000364. The molecule has 0 aromatic rings. The van der Waals surface area contributed by atoms with E-state index in [-0.39, 0.29) is 5.25 Å². The van der Waals surface area contributed by atoms with Gasteiger partial charge in [0.15, 0.2) is 0 Å². The van der Waals surface area contributed by atoms with Gasteiger partial charge in [0.1, 0.15) is 0 Å². The molecule has 1 unspecified atom stereocenters. The summed E-state index contributed by atoms with van der Waals surface area (Å²) in [7, 11) is -3.29. The van der Waals surface area contributed by atoms with Gasteiger partial charge < -0.3 is 10.4 Å². The van der Waals surface area contributed by atoms with E-state index in [9.17, 15) is 8.42 Å². The Kier molecular flexibility index (Phi) is 5.66. The zero-order valence-electron chi connectivity index (χ0n) is 8.06. The van der Waals surface area contributed by atoms with Crippen LogP contribution in [-0.2, 0) is 14.8 Å². The predicted molar refractivity (Wildman–Crippen MR) is 52.3 cm³/mol. The summed E-state index contributed by atoms with van der Waals surface area (Å²) >= 11 is 0. The number of primary sulfonamides is 1.